The maximum atomic E-state index is 14.2. The summed E-state index contributed by atoms with van der Waals surface area (Å²) >= 11 is 0. The maximum absolute atomic E-state index is 14.2. The number of phenols is 2. The average Bonchev–Trinajstić information content (AvgIpc) is 3.18. The van der Waals surface area contributed by atoms with Crippen LogP contribution in [0, 0.1) is 0 Å². The number of hydrogen-bond donors (Lipinski definition) is 13. The van der Waals surface area contributed by atoms with Crippen LogP contribution in [0.1, 0.15) is 0 Å². The van der Waals surface area contributed by atoms with Crippen molar-refractivity contribution < 1.29 is 104 Å². The Bertz CT molecular complexity index is 1880. The van der Waals surface area contributed by atoms with Gasteiger partial charge in [-0.2, -0.15) is 0 Å². The third-order valence-corrected chi connectivity index (χ3v) is 9.62. The van der Waals surface area contributed by atoms with Crippen LogP contribution in [0.5, 0.6) is 28.7 Å². The van der Waals surface area contributed by atoms with Gasteiger partial charge in [0.1, 0.15) is 95.7 Å². The van der Waals surface area contributed by atoms with E-state index in [4.69, 9.17) is 37.6 Å². The van der Waals surface area contributed by atoms with Crippen LogP contribution in [0.15, 0.2) is 39.5 Å². The second kappa shape index (κ2) is 16.9. The lowest BCUT2D eigenvalue weighted by atomic mass is 9.98. The monoisotopic (exact) mass is 802 g/mol. The normalized spacial score (nSPS) is 36.3. The minimum Gasteiger partial charge on any atom is -0.507 e. The highest BCUT2D eigenvalue weighted by molar-refractivity contribution is 5.88. The van der Waals surface area contributed by atoms with Crippen molar-refractivity contribution in [1.82, 2.24) is 0 Å². The predicted molar refractivity (Wildman–Crippen MR) is 179 cm³/mol. The molecule has 13 N–H and O–H groups in total. The van der Waals surface area contributed by atoms with E-state index in [0.717, 1.165) is 12.1 Å². The first-order valence-corrected chi connectivity index (χ1v) is 17.1. The Kier molecular flexibility index (Phi) is 12.6. The fraction of sp³-hybridized carbons (Fsp3) is 0.559. The lowest BCUT2D eigenvalue weighted by molar-refractivity contribution is -0.323. The molecule has 3 saturated heterocycles. The Morgan fingerprint density at radius 3 is 1.75 bits per heavy atom. The summed E-state index contributed by atoms with van der Waals surface area (Å²) in [5.41, 5.74) is -1.48. The second-order valence-corrected chi connectivity index (χ2v) is 13.3. The molecule has 2 aromatic carbocycles. The van der Waals surface area contributed by atoms with Gasteiger partial charge in [0.2, 0.25) is 23.8 Å². The molecule has 310 valence electrons. The van der Waals surface area contributed by atoms with Crippen LogP contribution in [0.4, 0.5) is 0 Å². The first-order chi connectivity index (χ1) is 26.6. The zero-order valence-corrected chi connectivity index (χ0v) is 29.2. The maximum Gasteiger partial charge on any atom is 0.239 e. The van der Waals surface area contributed by atoms with E-state index in [1.54, 1.807) is 0 Å². The number of hydrogen-bond acceptors (Lipinski definition) is 22. The fourth-order valence-corrected chi connectivity index (χ4v) is 6.40. The molecule has 0 saturated carbocycles. The molecule has 0 unspecified atom stereocenters. The van der Waals surface area contributed by atoms with Gasteiger partial charge >= 0.3 is 0 Å². The van der Waals surface area contributed by atoms with E-state index in [9.17, 15) is 71.2 Å². The van der Waals surface area contributed by atoms with Crippen molar-refractivity contribution in [1.29, 1.82) is 0 Å². The van der Waals surface area contributed by atoms with Crippen LogP contribution in [-0.4, -0.2) is 185 Å². The molecule has 0 spiro atoms. The van der Waals surface area contributed by atoms with Crippen molar-refractivity contribution in [2.45, 2.75) is 92.1 Å². The van der Waals surface area contributed by atoms with Gasteiger partial charge in [0, 0.05) is 17.7 Å². The summed E-state index contributed by atoms with van der Waals surface area (Å²) in [7, 11) is 1.23. The number of benzene rings is 2. The van der Waals surface area contributed by atoms with Crippen molar-refractivity contribution in [3.63, 3.8) is 0 Å². The van der Waals surface area contributed by atoms with Crippen molar-refractivity contribution >= 4 is 11.0 Å². The molecule has 6 rings (SSSR count). The van der Waals surface area contributed by atoms with E-state index >= 15 is 0 Å². The highest BCUT2D eigenvalue weighted by Gasteiger charge is 2.49. The lowest BCUT2D eigenvalue weighted by Gasteiger charge is -2.42. The van der Waals surface area contributed by atoms with E-state index in [1.807, 2.05) is 0 Å². The Labute approximate surface area is 314 Å². The van der Waals surface area contributed by atoms with Crippen LogP contribution in [0.2, 0.25) is 0 Å². The van der Waals surface area contributed by atoms with Crippen LogP contribution in [0.25, 0.3) is 22.3 Å². The van der Waals surface area contributed by atoms with Gasteiger partial charge in [-0.15, -0.1) is 0 Å². The zero-order valence-electron chi connectivity index (χ0n) is 29.2. The number of methoxy groups -OCH3 is 1. The molecule has 0 amide bonds. The molecule has 0 aliphatic carbocycles. The predicted octanol–water partition coefficient (Wildman–Crippen LogP) is -4.94. The topological polar surface area (TPSA) is 358 Å². The van der Waals surface area contributed by atoms with Gasteiger partial charge in [-0.3, -0.25) is 4.79 Å². The van der Waals surface area contributed by atoms with Crippen molar-refractivity contribution in [2.75, 3.05) is 26.9 Å². The molecule has 3 aliphatic rings. The van der Waals surface area contributed by atoms with Crippen LogP contribution in [0.3, 0.4) is 0 Å². The first kappa shape index (κ1) is 41.7. The highest BCUT2D eigenvalue weighted by atomic mass is 16.7. The quantitative estimate of drug-likeness (QED) is 0.0863. The van der Waals surface area contributed by atoms with Gasteiger partial charge in [-0.25, -0.2) is 0 Å². The largest absolute Gasteiger partial charge is 0.507 e. The zero-order chi connectivity index (χ0) is 40.7. The van der Waals surface area contributed by atoms with E-state index in [-0.39, 0.29) is 28.4 Å². The molecule has 3 fully saturated rings. The summed E-state index contributed by atoms with van der Waals surface area (Å²) in [4.78, 5) is 14.2. The van der Waals surface area contributed by atoms with Gasteiger partial charge in [0.05, 0.1) is 26.9 Å². The van der Waals surface area contributed by atoms with Crippen molar-refractivity contribution in [3.8, 4) is 40.1 Å². The minimum absolute atomic E-state index is 0.00165. The number of aromatic hydroxyl groups is 2. The molecule has 1 aromatic heterocycles. The Morgan fingerprint density at radius 1 is 0.625 bits per heavy atom. The molecular formula is C34H42O22. The van der Waals surface area contributed by atoms with Crippen LogP contribution in [-0.2, 0) is 18.9 Å². The number of ether oxygens (including phenoxy) is 7. The van der Waals surface area contributed by atoms with Crippen molar-refractivity contribution in [3.05, 3.63) is 40.6 Å². The standard InChI is InChI=1S/C34H42O22/c1-49-14-4-10(2-3-12(14)37)30-31(23(42)19-13(38)5-11(6-15(19)52-30)51-33-28(47)25(44)21(40)17(8-36)54-33)56-34-29(48)26(45)22(41)18(55-34)9-50-32-27(46)24(43)20(39)16(7-35)53-32/h2-6,16-18,20-22,24-29,32-41,43-48H,7-9H2,1H3/t16-,17-,18-,20-,21-,22+,24+,25+,26+,27-,28-,29-,32-,33-,34+/m1/s1. The lowest BCUT2D eigenvalue weighted by Crippen LogP contribution is -2.62. The Morgan fingerprint density at radius 2 is 1.16 bits per heavy atom. The Hall–Kier alpha value is -3.95. The summed E-state index contributed by atoms with van der Waals surface area (Å²) in [6, 6.07) is 5.68. The molecule has 4 heterocycles. The van der Waals surface area contributed by atoms with E-state index < -0.39 is 140 Å². The molecule has 15 atom stereocenters. The van der Waals surface area contributed by atoms with Crippen LogP contribution >= 0.6 is 0 Å². The summed E-state index contributed by atoms with van der Waals surface area (Å²) in [6.07, 6.45) is -26.2. The molecule has 56 heavy (non-hydrogen) atoms. The number of fused-ring (bicyclic) bond motifs is 1. The average molecular weight is 803 g/mol. The molecule has 3 aromatic rings. The van der Waals surface area contributed by atoms with Gasteiger partial charge < -0.3 is 104 Å². The third kappa shape index (κ3) is 7.83. The van der Waals surface area contributed by atoms with E-state index in [2.05, 4.69) is 0 Å². The molecule has 22 nitrogen and oxygen atoms in total. The van der Waals surface area contributed by atoms with Gasteiger partial charge in [-0.1, -0.05) is 0 Å². The van der Waals surface area contributed by atoms with E-state index in [1.165, 1.54) is 25.3 Å². The summed E-state index contributed by atoms with van der Waals surface area (Å²) in [6.45, 7) is -2.24. The Balaban J connectivity index is 1.34. The van der Waals surface area contributed by atoms with Gasteiger partial charge in [0.25, 0.3) is 0 Å². The second-order valence-electron chi connectivity index (χ2n) is 13.3. The van der Waals surface area contributed by atoms with Gasteiger partial charge in [-0.05, 0) is 18.2 Å². The highest BCUT2D eigenvalue weighted by Crippen LogP contribution is 2.40. The van der Waals surface area contributed by atoms with E-state index in [0.29, 0.717) is 0 Å². The third-order valence-electron chi connectivity index (χ3n) is 9.62. The number of rotatable bonds is 11. The summed E-state index contributed by atoms with van der Waals surface area (Å²) in [5, 5.41) is 133. The molecular weight excluding hydrogens is 760 g/mol. The fourth-order valence-electron chi connectivity index (χ4n) is 6.40. The molecule has 22 heteroatoms. The van der Waals surface area contributed by atoms with Crippen LogP contribution < -0.4 is 19.6 Å². The number of aliphatic hydroxyl groups excluding tert-OH is 11. The number of phenolic OH excluding ortho intramolecular Hbond substituents is 2. The number of aliphatic hydroxyl groups is 11. The molecule has 0 radical (unpaired) electrons. The molecule has 3 aliphatic heterocycles. The van der Waals surface area contributed by atoms with Gasteiger partial charge in [0.15, 0.2) is 23.5 Å². The van der Waals surface area contributed by atoms with Crippen molar-refractivity contribution in [2.24, 2.45) is 0 Å². The first-order valence-electron chi connectivity index (χ1n) is 17.1. The SMILES string of the molecule is COc1cc(-c2oc3cc(O[C@@H]4O[C@H](CO)[C@@H](O)[C@H](O)[C@H]4O)cc(O)c3c(=O)c2O[C@@H]2O[C@H](CO[C@@H]3O[C@H](CO)[C@@H](O)[C@H](O)[C@H]3O)[C@H](O)[C@H](O)[C@H]2O)ccc1O. The minimum atomic E-state index is -2.06. The smallest absolute Gasteiger partial charge is 0.239 e. The molecule has 0 bridgehead atoms. The summed E-state index contributed by atoms with van der Waals surface area (Å²) in [5.74, 6) is -2.69. The summed E-state index contributed by atoms with van der Waals surface area (Å²) < 4.78 is 44.4.